The molecule has 0 atom stereocenters. The van der Waals surface area contributed by atoms with Gasteiger partial charge in [0, 0.05) is 13.5 Å². The lowest BCUT2D eigenvalue weighted by Crippen LogP contribution is -1.95. The average molecular weight is 159 g/mol. The van der Waals surface area contributed by atoms with E-state index in [1.165, 1.54) is 0 Å². The Bertz CT molecular complexity index is 224. The maximum atomic E-state index is 10.1. The molecular formula is C6H7ClN2O. The molecule has 1 aromatic rings. The normalized spacial score (nSPS) is 9.80. The van der Waals surface area contributed by atoms with E-state index in [1.807, 2.05) is 0 Å². The van der Waals surface area contributed by atoms with Crippen molar-refractivity contribution in [2.45, 2.75) is 6.42 Å². The summed E-state index contributed by atoms with van der Waals surface area (Å²) in [6.07, 6.45) is 2.72. The maximum absolute atomic E-state index is 10.1. The molecule has 0 saturated carbocycles. The van der Waals surface area contributed by atoms with Crippen LogP contribution >= 0.6 is 11.6 Å². The van der Waals surface area contributed by atoms with Crippen molar-refractivity contribution in [3.8, 4) is 0 Å². The second kappa shape index (κ2) is 2.84. The molecule has 0 amide bonds. The van der Waals surface area contributed by atoms with Crippen LogP contribution < -0.4 is 0 Å². The number of halogens is 1. The molecule has 54 valence electrons. The summed E-state index contributed by atoms with van der Waals surface area (Å²) in [6.45, 7) is 0. The van der Waals surface area contributed by atoms with E-state index in [9.17, 15) is 4.79 Å². The monoisotopic (exact) mass is 158 g/mol. The molecule has 0 unspecified atom stereocenters. The molecule has 0 saturated heterocycles. The zero-order chi connectivity index (χ0) is 7.56. The summed E-state index contributed by atoms with van der Waals surface area (Å²) >= 11 is 5.63. The van der Waals surface area contributed by atoms with Gasteiger partial charge in [0.25, 0.3) is 0 Å². The predicted octanol–water partition coefficient (Wildman–Crippen LogP) is 0.815. The lowest BCUT2D eigenvalue weighted by Gasteiger charge is -1.94. The first-order valence-corrected chi connectivity index (χ1v) is 3.23. The van der Waals surface area contributed by atoms with E-state index in [0.717, 1.165) is 12.0 Å². The molecule has 1 rings (SSSR count). The topological polar surface area (TPSA) is 34.9 Å². The van der Waals surface area contributed by atoms with Crippen LogP contribution in [-0.2, 0) is 18.3 Å². The van der Waals surface area contributed by atoms with Crippen molar-refractivity contribution in [2.75, 3.05) is 0 Å². The van der Waals surface area contributed by atoms with Gasteiger partial charge in [-0.25, -0.2) is 4.98 Å². The summed E-state index contributed by atoms with van der Waals surface area (Å²) in [5, 5.41) is 0.412. The third-order valence-corrected chi connectivity index (χ3v) is 1.60. The molecule has 0 fully saturated rings. The van der Waals surface area contributed by atoms with Gasteiger partial charge in [0.05, 0.1) is 12.0 Å². The first kappa shape index (κ1) is 7.28. The fraction of sp³-hybridized carbons (Fsp3) is 0.333. The predicted molar refractivity (Wildman–Crippen MR) is 38.0 cm³/mol. The number of hydrogen-bond donors (Lipinski definition) is 0. The SMILES string of the molecule is Cn1cnc(Cl)c1CC=O. The van der Waals surface area contributed by atoms with E-state index in [-0.39, 0.29) is 0 Å². The Kier molecular flexibility index (Phi) is 2.06. The van der Waals surface area contributed by atoms with Crippen molar-refractivity contribution in [1.29, 1.82) is 0 Å². The molecule has 4 heteroatoms. The summed E-state index contributed by atoms with van der Waals surface area (Å²) in [6, 6.07) is 0. The number of aromatic nitrogens is 2. The molecule has 0 aliphatic carbocycles. The first-order chi connectivity index (χ1) is 4.75. The maximum Gasteiger partial charge on any atom is 0.150 e. The third kappa shape index (κ3) is 1.19. The minimum absolute atomic E-state index is 0.329. The number of carbonyl (C=O) groups excluding carboxylic acids is 1. The van der Waals surface area contributed by atoms with E-state index in [0.29, 0.717) is 11.6 Å². The summed E-state index contributed by atoms with van der Waals surface area (Å²) in [7, 11) is 1.80. The molecule has 3 nitrogen and oxygen atoms in total. The molecule has 1 aromatic heterocycles. The lowest BCUT2D eigenvalue weighted by atomic mass is 10.3. The standard InChI is InChI=1S/C6H7ClN2O/c1-9-4-8-6(7)5(9)2-3-10/h3-4H,2H2,1H3. The van der Waals surface area contributed by atoms with Gasteiger partial charge in [-0.15, -0.1) is 0 Å². The summed E-state index contributed by atoms with van der Waals surface area (Å²) in [5.74, 6) is 0. The van der Waals surface area contributed by atoms with Gasteiger partial charge < -0.3 is 9.36 Å². The number of nitrogens with zero attached hydrogens (tertiary/aromatic N) is 2. The van der Waals surface area contributed by atoms with Crippen LogP contribution in [0.3, 0.4) is 0 Å². The van der Waals surface area contributed by atoms with Crippen molar-refractivity contribution in [3.63, 3.8) is 0 Å². The minimum Gasteiger partial charge on any atom is -0.336 e. The smallest absolute Gasteiger partial charge is 0.150 e. The van der Waals surface area contributed by atoms with Gasteiger partial charge in [-0.05, 0) is 0 Å². The summed E-state index contributed by atoms with van der Waals surface area (Å²) in [4.78, 5) is 13.9. The van der Waals surface area contributed by atoms with Crippen LogP contribution in [0.2, 0.25) is 5.15 Å². The zero-order valence-corrected chi connectivity index (χ0v) is 6.30. The Labute approximate surface area is 63.6 Å². The van der Waals surface area contributed by atoms with Crippen LogP contribution in [0.25, 0.3) is 0 Å². The van der Waals surface area contributed by atoms with Gasteiger partial charge in [0.15, 0.2) is 5.15 Å². The second-order valence-electron chi connectivity index (χ2n) is 1.96. The highest BCUT2D eigenvalue weighted by atomic mass is 35.5. The van der Waals surface area contributed by atoms with Gasteiger partial charge in [-0.3, -0.25) is 0 Å². The number of rotatable bonds is 2. The van der Waals surface area contributed by atoms with Crippen molar-refractivity contribution in [3.05, 3.63) is 17.2 Å². The zero-order valence-electron chi connectivity index (χ0n) is 5.54. The second-order valence-corrected chi connectivity index (χ2v) is 2.32. The third-order valence-electron chi connectivity index (χ3n) is 1.28. The largest absolute Gasteiger partial charge is 0.336 e. The number of hydrogen-bond acceptors (Lipinski definition) is 2. The quantitative estimate of drug-likeness (QED) is 0.598. The van der Waals surface area contributed by atoms with Gasteiger partial charge in [0.1, 0.15) is 6.29 Å². The van der Waals surface area contributed by atoms with Crippen LogP contribution in [0.4, 0.5) is 0 Å². The lowest BCUT2D eigenvalue weighted by molar-refractivity contribution is -0.107. The van der Waals surface area contributed by atoms with Crippen molar-refractivity contribution >= 4 is 17.9 Å². The molecule has 0 aliphatic heterocycles. The van der Waals surface area contributed by atoms with Crippen LogP contribution in [0.5, 0.6) is 0 Å². The van der Waals surface area contributed by atoms with Crippen LogP contribution in [0.15, 0.2) is 6.33 Å². The molecule has 1 heterocycles. The highest BCUT2D eigenvalue weighted by Crippen LogP contribution is 2.11. The molecule has 0 bridgehead atoms. The molecule has 0 N–H and O–H groups in total. The molecule has 10 heavy (non-hydrogen) atoms. The molecular weight excluding hydrogens is 152 g/mol. The van der Waals surface area contributed by atoms with Crippen LogP contribution in [-0.4, -0.2) is 15.8 Å². The Morgan fingerprint density at radius 2 is 2.60 bits per heavy atom. The Balaban J connectivity index is 2.97. The fourth-order valence-corrected chi connectivity index (χ4v) is 0.988. The highest BCUT2D eigenvalue weighted by molar-refractivity contribution is 6.30. The van der Waals surface area contributed by atoms with E-state index in [1.54, 1.807) is 17.9 Å². The van der Waals surface area contributed by atoms with E-state index < -0.39 is 0 Å². The van der Waals surface area contributed by atoms with E-state index in [4.69, 9.17) is 11.6 Å². The molecule has 0 radical (unpaired) electrons. The number of imidazole rings is 1. The van der Waals surface area contributed by atoms with Gasteiger partial charge >= 0.3 is 0 Å². The Morgan fingerprint density at radius 3 is 3.00 bits per heavy atom. The fourth-order valence-electron chi connectivity index (χ4n) is 0.734. The van der Waals surface area contributed by atoms with Crippen LogP contribution in [0, 0.1) is 0 Å². The number of aryl methyl sites for hydroxylation is 1. The first-order valence-electron chi connectivity index (χ1n) is 2.85. The van der Waals surface area contributed by atoms with Gasteiger partial charge in [0.2, 0.25) is 0 Å². The van der Waals surface area contributed by atoms with Crippen molar-refractivity contribution in [2.24, 2.45) is 7.05 Å². The summed E-state index contributed by atoms with van der Waals surface area (Å²) < 4.78 is 1.73. The molecule has 0 aromatic carbocycles. The van der Waals surface area contributed by atoms with Crippen molar-refractivity contribution in [1.82, 2.24) is 9.55 Å². The van der Waals surface area contributed by atoms with Gasteiger partial charge in [-0.2, -0.15) is 0 Å². The molecule has 0 aliphatic rings. The number of carbonyl (C=O) groups is 1. The average Bonchev–Trinajstić information content (AvgIpc) is 2.20. The van der Waals surface area contributed by atoms with E-state index >= 15 is 0 Å². The summed E-state index contributed by atoms with van der Waals surface area (Å²) in [5.41, 5.74) is 0.761. The molecule has 0 spiro atoms. The van der Waals surface area contributed by atoms with Gasteiger partial charge in [-0.1, -0.05) is 11.6 Å². The number of aldehydes is 1. The van der Waals surface area contributed by atoms with Crippen molar-refractivity contribution < 1.29 is 4.79 Å². The highest BCUT2D eigenvalue weighted by Gasteiger charge is 2.03. The minimum atomic E-state index is 0.329. The Morgan fingerprint density at radius 1 is 1.90 bits per heavy atom. The Hall–Kier alpha value is -0.830. The van der Waals surface area contributed by atoms with Crippen LogP contribution in [0.1, 0.15) is 5.69 Å². The van der Waals surface area contributed by atoms with E-state index in [2.05, 4.69) is 4.98 Å².